The van der Waals surface area contributed by atoms with Gasteiger partial charge in [0.1, 0.15) is 4.88 Å². The number of rotatable bonds is 5. The average molecular weight is 408 g/mol. The topological polar surface area (TPSA) is 85.4 Å². The highest BCUT2D eigenvalue weighted by molar-refractivity contribution is 7.93. The standard InChI is InChI=1S/C15H15F3N2O4S2/c1-4-24-13(21)11-12(15(16,17)18)19-14(25-11)20-26(22,23)10-6-5-8(2)9(3)7-10/h5-7H,4H2,1-3H3,(H,19,20). The molecule has 1 aromatic carbocycles. The van der Waals surface area contributed by atoms with Crippen LogP contribution in [0.5, 0.6) is 0 Å². The summed E-state index contributed by atoms with van der Waals surface area (Å²) in [5.74, 6) is -1.21. The molecule has 1 heterocycles. The first-order chi connectivity index (χ1) is 12.0. The fourth-order valence-electron chi connectivity index (χ4n) is 1.95. The molecule has 0 saturated carbocycles. The van der Waals surface area contributed by atoms with Crippen LogP contribution in [-0.2, 0) is 20.9 Å². The van der Waals surface area contributed by atoms with Gasteiger partial charge in [-0.1, -0.05) is 17.4 Å². The van der Waals surface area contributed by atoms with Crippen molar-refractivity contribution in [3.05, 3.63) is 39.9 Å². The molecule has 1 N–H and O–H groups in total. The van der Waals surface area contributed by atoms with Crippen molar-refractivity contribution in [3.8, 4) is 0 Å². The van der Waals surface area contributed by atoms with E-state index >= 15 is 0 Å². The molecule has 0 unspecified atom stereocenters. The van der Waals surface area contributed by atoms with E-state index in [0.29, 0.717) is 5.56 Å². The number of benzene rings is 1. The minimum atomic E-state index is -4.93. The van der Waals surface area contributed by atoms with Gasteiger partial charge in [-0.3, -0.25) is 4.72 Å². The molecule has 0 saturated heterocycles. The number of carbonyl (C=O) groups is 1. The minimum absolute atomic E-state index is 0.123. The van der Waals surface area contributed by atoms with E-state index in [0.717, 1.165) is 5.56 Å². The number of hydrogen-bond acceptors (Lipinski definition) is 6. The molecule has 0 aliphatic heterocycles. The van der Waals surface area contributed by atoms with Crippen LogP contribution in [0.1, 0.15) is 33.4 Å². The quantitative estimate of drug-likeness (QED) is 0.762. The SMILES string of the molecule is CCOC(=O)c1sc(NS(=O)(=O)c2ccc(C)c(C)c2)nc1C(F)(F)F. The third-order valence-electron chi connectivity index (χ3n) is 3.37. The summed E-state index contributed by atoms with van der Waals surface area (Å²) < 4.78 is 70.6. The number of nitrogens with one attached hydrogen (secondary N) is 1. The van der Waals surface area contributed by atoms with Gasteiger partial charge < -0.3 is 4.74 Å². The Morgan fingerprint density at radius 3 is 2.46 bits per heavy atom. The van der Waals surface area contributed by atoms with Crippen molar-refractivity contribution >= 4 is 32.5 Å². The molecule has 2 rings (SSSR count). The molecule has 11 heteroatoms. The van der Waals surface area contributed by atoms with Gasteiger partial charge in [0.05, 0.1) is 11.5 Å². The maximum Gasteiger partial charge on any atom is 0.435 e. The molecule has 0 bridgehead atoms. The Hall–Kier alpha value is -2.14. The number of carbonyl (C=O) groups excluding carboxylic acids is 1. The third kappa shape index (κ3) is 4.33. The van der Waals surface area contributed by atoms with Crippen LogP contribution in [0.2, 0.25) is 0 Å². The van der Waals surface area contributed by atoms with E-state index in [2.05, 4.69) is 9.72 Å². The molecule has 0 fully saturated rings. The summed E-state index contributed by atoms with van der Waals surface area (Å²) in [6.07, 6.45) is -4.93. The van der Waals surface area contributed by atoms with Crippen LogP contribution < -0.4 is 4.72 Å². The van der Waals surface area contributed by atoms with Gasteiger partial charge in [0.2, 0.25) is 0 Å². The Labute approximate surface area is 152 Å². The summed E-state index contributed by atoms with van der Waals surface area (Å²) in [5, 5.41) is -0.571. The van der Waals surface area contributed by atoms with E-state index < -0.39 is 37.9 Å². The summed E-state index contributed by atoms with van der Waals surface area (Å²) in [4.78, 5) is 14.0. The molecule has 6 nitrogen and oxygen atoms in total. The number of alkyl halides is 3. The molecular weight excluding hydrogens is 393 g/mol. The lowest BCUT2D eigenvalue weighted by atomic mass is 10.1. The van der Waals surface area contributed by atoms with Gasteiger partial charge in [-0.25, -0.2) is 18.2 Å². The molecular formula is C15H15F3N2O4S2. The lowest BCUT2D eigenvalue weighted by Crippen LogP contribution is -2.15. The van der Waals surface area contributed by atoms with E-state index in [-0.39, 0.29) is 22.8 Å². The number of aromatic nitrogens is 1. The molecule has 0 aliphatic rings. The van der Waals surface area contributed by atoms with Crippen molar-refractivity contribution in [1.29, 1.82) is 0 Å². The Morgan fingerprint density at radius 2 is 1.92 bits per heavy atom. The fourth-order valence-corrected chi connectivity index (χ4v) is 4.14. The molecule has 0 spiro atoms. The molecule has 26 heavy (non-hydrogen) atoms. The van der Waals surface area contributed by atoms with Gasteiger partial charge in [-0.15, -0.1) is 0 Å². The van der Waals surface area contributed by atoms with Crippen LogP contribution in [0.3, 0.4) is 0 Å². The van der Waals surface area contributed by atoms with E-state index in [1.807, 2.05) is 4.72 Å². The van der Waals surface area contributed by atoms with Gasteiger partial charge in [0.25, 0.3) is 10.0 Å². The average Bonchev–Trinajstić information content (AvgIpc) is 2.93. The Morgan fingerprint density at radius 1 is 1.27 bits per heavy atom. The second kappa shape index (κ2) is 7.23. The Kier molecular flexibility index (Phi) is 5.61. The number of aryl methyl sites for hydroxylation is 2. The number of halogens is 3. The van der Waals surface area contributed by atoms with E-state index in [1.54, 1.807) is 19.9 Å². The summed E-state index contributed by atoms with van der Waals surface area (Å²) in [5.41, 5.74) is 0.0797. The summed E-state index contributed by atoms with van der Waals surface area (Å²) in [6, 6.07) is 4.30. The van der Waals surface area contributed by atoms with Crippen LogP contribution in [0, 0.1) is 13.8 Å². The first-order valence-electron chi connectivity index (χ1n) is 7.31. The van der Waals surface area contributed by atoms with Gasteiger partial charge in [0.15, 0.2) is 10.8 Å². The van der Waals surface area contributed by atoms with Crippen molar-refractivity contribution in [2.45, 2.75) is 31.8 Å². The molecule has 2 aromatic rings. The zero-order chi connectivity index (χ0) is 19.7. The van der Waals surface area contributed by atoms with E-state index in [9.17, 15) is 26.4 Å². The predicted octanol–water partition coefficient (Wildman–Crippen LogP) is 3.76. The van der Waals surface area contributed by atoms with Crippen LogP contribution in [0.4, 0.5) is 18.3 Å². The predicted molar refractivity (Wildman–Crippen MR) is 89.8 cm³/mol. The van der Waals surface area contributed by atoms with Gasteiger partial charge in [-0.05, 0) is 44.0 Å². The van der Waals surface area contributed by atoms with Crippen molar-refractivity contribution in [3.63, 3.8) is 0 Å². The second-order valence-electron chi connectivity index (χ2n) is 5.27. The lowest BCUT2D eigenvalue weighted by molar-refractivity contribution is -0.141. The van der Waals surface area contributed by atoms with Gasteiger partial charge in [-0.2, -0.15) is 13.2 Å². The number of anilines is 1. The highest BCUT2D eigenvalue weighted by Gasteiger charge is 2.40. The monoisotopic (exact) mass is 408 g/mol. The summed E-state index contributed by atoms with van der Waals surface area (Å²) in [7, 11) is -4.16. The van der Waals surface area contributed by atoms with Gasteiger partial charge >= 0.3 is 12.1 Å². The van der Waals surface area contributed by atoms with Crippen molar-refractivity contribution in [1.82, 2.24) is 4.98 Å². The molecule has 0 radical (unpaired) electrons. The zero-order valence-corrected chi connectivity index (χ0v) is 15.6. The van der Waals surface area contributed by atoms with Crippen LogP contribution >= 0.6 is 11.3 Å². The molecule has 1 aromatic heterocycles. The Balaban J connectivity index is 2.42. The van der Waals surface area contributed by atoms with Gasteiger partial charge in [0, 0.05) is 0 Å². The normalized spacial score (nSPS) is 12.1. The van der Waals surface area contributed by atoms with Crippen molar-refractivity contribution in [2.75, 3.05) is 11.3 Å². The molecule has 0 amide bonds. The number of ether oxygens (including phenoxy) is 1. The molecule has 142 valence electrons. The maximum absolute atomic E-state index is 13.1. The number of nitrogens with zero attached hydrogens (tertiary/aromatic N) is 1. The highest BCUT2D eigenvalue weighted by Crippen LogP contribution is 2.37. The molecule has 0 aliphatic carbocycles. The number of sulfonamides is 1. The smallest absolute Gasteiger partial charge is 0.435 e. The third-order valence-corrected chi connectivity index (χ3v) is 5.78. The minimum Gasteiger partial charge on any atom is -0.462 e. The highest BCUT2D eigenvalue weighted by atomic mass is 32.2. The van der Waals surface area contributed by atoms with Crippen molar-refractivity contribution in [2.24, 2.45) is 0 Å². The maximum atomic E-state index is 13.1. The summed E-state index contributed by atoms with van der Waals surface area (Å²) in [6.45, 7) is 4.81. The largest absolute Gasteiger partial charge is 0.462 e. The van der Waals surface area contributed by atoms with E-state index in [1.165, 1.54) is 19.1 Å². The first kappa shape index (κ1) is 20.2. The second-order valence-corrected chi connectivity index (χ2v) is 7.95. The van der Waals surface area contributed by atoms with Crippen LogP contribution in [0.25, 0.3) is 0 Å². The first-order valence-corrected chi connectivity index (χ1v) is 9.61. The molecule has 0 atom stereocenters. The van der Waals surface area contributed by atoms with Crippen LogP contribution in [0.15, 0.2) is 23.1 Å². The number of thiazole rings is 1. The lowest BCUT2D eigenvalue weighted by Gasteiger charge is -2.07. The number of hydrogen-bond donors (Lipinski definition) is 1. The number of esters is 1. The summed E-state index contributed by atoms with van der Waals surface area (Å²) >= 11 is 0.267. The van der Waals surface area contributed by atoms with Crippen LogP contribution in [-0.4, -0.2) is 26.0 Å². The zero-order valence-electron chi connectivity index (χ0n) is 14.0. The fraction of sp³-hybridized carbons (Fsp3) is 0.333. The van der Waals surface area contributed by atoms with Crippen molar-refractivity contribution < 1.29 is 31.1 Å². The Bertz CT molecular complexity index is 937. The van der Waals surface area contributed by atoms with E-state index in [4.69, 9.17) is 0 Å².